The molecular formula is C43H31F12N7O9S3. The van der Waals surface area contributed by atoms with Gasteiger partial charge < -0.3 is 36.2 Å². The van der Waals surface area contributed by atoms with Crippen molar-refractivity contribution < 1.29 is 91.6 Å². The van der Waals surface area contributed by atoms with E-state index in [-0.39, 0.29) is 17.5 Å². The molecule has 2 aliphatic rings. The molecule has 5 heterocycles. The van der Waals surface area contributed by atoms with E-state index in [9.17, 15) is 25.3 Å². The maximum absolute atomic E-state index is 16.5. The van der Waals surface area contributed by atoms with E-state index in [1.54, 1.807) is 5.32 Å². The van der Waals surface area contributed by atoms with Gasteiger partial charge in [0.05, 0.1) is 39.3 Å². The average Bonchev–Trinajstić information content (AvgIpc) is 4.17. The lowest BCUT2D eigenvalue weighted by Gasteiger charge is -2.17. The molecule has 16 nitrogen and oxygen atoms in total. The van der Waals surface area contributed by atoms with Crippen molar-refractivity contribution in [2.45, 2.75) is 6.42 Å². The van der Waals surface area contributed by atoms with Gasteiger partial charge in [-0.15, -0.1) is 0 Å². The van der Waals surface area contributed by atoms with Crippen molar-refractivity contribution in [3.05, 3.63) is 167 Å². The second-order valence-electron chi connectivity index (χ2n) is 16.1. The molecule has 0 spiro atoms. The molecule has 0 saturated heterocycles. The van der Waals surface area contributed by atoms with Crippen LogP contribution in [0.1, 0.15) is 34.5 Å². The minimum absolute atomic E-state index is 0.0199. The van der Waals surface area contributed by atoms with Gasteiger partial charge in [0.15, 0.2) is 69.8 Å². The molecule has 6 aromatic rings. The van der Waals surface area contributed by atoms with E-state index in [4.69, 9.17) is 13.7 Å². The Morgan fingerprint density at radius 2 is 0.703 bits per heavy atom. The van der Waals surface area contributed by atoms with Gasteiger partial charge in [-0.3, -0.25) is 13.7 Å². The Morgan fingerprint density at radius 1 is 0.405 bits per heavy atom. The van der Waals surface area contributed by atoms with Gasteiger partial charge in [-0.25, -0.2) is 52.7 Å². The standard InChI is InChI=1S/C43H31F12N7O9S3/c44-29-26(30(45)36(51)41(35(29)50)56-9-12-72(63,64)65)23-17-3-1-15(59-17)16-2-4-18(60-16)24(27-31(46)37(52)42(38(53)32(27)47)57-10-13-73(66,67)68)20-6-8-22(62-20)25(21-7-5-19(23)61-21)28-33(48)39(54)43(40(55)34(28)49)58-11-14-74(69,70)71/h1,3-8,56-62H,2,9-14H2,(H,63,64,65)(H,66,67,68)(H,69,70,71). The fraction of sp³-hybridized carbons (Fsp3) is 0.163. The lowest BCUT2D eigenvalue weighted by atomic mass is 9.99. The van der Waals surface area contributed by atoms with Crippen LogP contribution < -0.4 is 42.7 Å². The number of aromatic amines is 3. The van der Waals surface area contributed by atoms with Gasteiger partial charge in [-0.1, -0.05) is 6.08 Å². The van der Waals surface area contributed by atoms with Gasteiger partial charge in [-0.05, 0) is 36.4 Å². The van der Waals surface area contributed by atoms with Crippen LogP contribution in [0.15, 0.2) is 48.2 Å². The van der Waals surface area contributed by atoms with Gasteiger partial charge in [0, 0.05) is 81.6 Å². The molecule has 8 bridgehead atoms. The molecular weight excluding hydrogens is 1080 g/mol. The fourth-order valence-electron chi connectivity index (χ4n) is 8.08. The quantitative estimate of drug-likeness (QED) is 0.0398. The van der Waals surface area contributed by atoms with E-state index in [0.717, 1.165) is 30.3 Å². The summed E-state index contributed by atoms with van der Waals surface area (Å²) in [6.07, 6.45) is 0.899. The van der Waals surface area contributed by atoms with Crippen LogP contribution in [0.4, 0.5) is 69.7 Å². The number of H-pyrrole nitrogens is 3. The Hall–Kier alpha value is -7.19. The van der Waals surface area contributed by atoms with Crippen molar-refractivity contribution in [2.75, 3.05) is 52.8 Å². The predicted octanol–water partition coefficient (Wildman–Crippen LogP) is 3.93. The molecule has 0 radical (unpaired) electrons. The Bertz CT molecular complexity index is 3950. The number of allylic oxidation sites excluding steroid dienone is 1. The number of fused-ring (bicyclic) bond motifs is 8. The number of benzene rings is 3. The molecule has 31 heteroatoms. The third-order valence-corrected chi connectivity index (χ3v) is 13.5. The number of halogens is 12. The van der Waals surface area contributed by atoms with Crippen LogP contribution in [0.25, 0.3) is 22.4 Å². The molecule has 0 saturated carbocycles. The highest BCUT2D eigenvalue weighted by Crippen LogP contribution is 2.39. The molecule has 394 valence electrons. The SMILES string of the molecule is O=S(=O)(O)CCNc1c(F)c(F)c(C2=c3ccc([nH]3)=C(c3c(F)c(F)c(NCCS(=O)(=O)O)c(F)c3F)c3ccc([nH]3)C(c3c(F)c(F)c(NCCS(=O)(=O)O)c(F)c3F)=c3ccc([nH]3)=C3CC=C2N3)c(F)c1F. The minimum atomic E-state index is -4.81. The minimum Gasteiger partial charge on any atom is -0.379 e. The van der Waals surface area contributed by atoms with Crippen LogP contribution >= 0.6 is 0 Å². The van der Waals surface area contributed by atoms with E-state index in [1.807, 2.05) is 10.6 Å². The van der Waals surface area contributed by atoms with Crippen LogP contribution in [-0.4, -0.2) is 90.8 Å². The monoisotopic (exact) mass is 1110 g/mol. The van der Waals surface area contributed by atoms with Gasteiger partial charge >= 0.3 is 0 Å². The fourth-order valence-corrected chi connectivity index (χ4v) is 9.16. The summed E-state index contributed by atoms with van der Waals surface area (Å²) in [5, 5.41) is 6.50. The summed E-state index contributed by atoms with van der Waals surface area (Å²) in [7, 11) is -14.3. The van der Waals surface area contributed by atoms with E-state index in [1.165, 1.54) is 12.1 Å². The van der Waals surface area contributed by atoms with E-state index < -0.39 is 221 Å². The van der Waals surface area contributed by atoms with Crippen LogP contribution in [0.5, 0.6) is 0 Å². The first-order chi connectivity index (χ1) is 34.6. The summed E-state index contributed by atoms with van der Waals surface area (Å²) in [6, 6.07) is 5.84. The number of anilines is 3. The van der Waals surface area contributed by atoms with E-state index >= 15 is 52.7 Å². The third-order valence-electron chi connectivity index (χ3n) is 11.3. The van der Waals surface area contributed by atoms with Crippen molar-refractivity contribution in [1.82, 2.24) is 20.3 Å². The summed E-state index contributed by atoms with van der Waals surface area (Å²) in [5.74, 6) is -29.6. The Balaban J connectivity index is 1.45. The van der Waals surface area contributed by atoms with Gasteiger partial charge in [0.25, 0.3) is 30.4 Å². The summed E-state index contributed by atoms with van der Waals surface area (Å²) in [4.78, 5) is 7.80. The molecule has 3 aromatic heterocycles. The van der Waals surface area contributed by atoms with E-state index in [0.29, 0.717) is 0 Å². The van der Waals surface area contributed by atoms with Crippen LogP contribution in [0, 0.1) is 69.8 Å². The summed E-state index contributed by atoms with van der Waals surface area (Å²) in [5.41, 5.74) is -13.6. The third kappa shape index (κ3) is 10.1. The van der Waals surface area contributed by atoms with E-state index in [2.05, 4.69) is 20.3 Å². The summed E-state index contributed by atoms with van der Waals surface area (Å²) < 4.78 is 289. The molecule has 0 fully saturated rings. The van der Waals surface area contributed by atoms with Gasteiger partial charge in [0.2, 0.25) is 0 Å². The van der Waals surface area contributed by atoms with Crippen LogP contribution in [0.3, 0.4) is 0 Å². The predicted molar refractivity (Wildman–Crippen MR) is 239 cm³/mol. The van der Waals surface area contributed by atoms with Crippen LogP contribution in [-0.2, 0) is 30.4 Å². The smallest absolute Gasteiger partial charge is 0.266 e. The van der Waals surface area contributed by atoms with Crippen molar-refractivity contribution in [2.24, 2.45) is 0 Å². The van der Waals surface area contributed by atoms with Crippen molar-refractivity contribution in [3.63, 3.8) is 0 Å². The molecule has 0 amide bonds. The highest BCUT2D eigenvalue weighted by Gasteiger charge is 2.35. The second-order valence-corrected chi connectivity index (χ2v) is 20.8. The highest BCUT2D eigenvalue weighted by molar-refractivity contribution is 7.86. The molecule has 8 rings (SSSR count). The van der Waals surface area contributed by atoms with Crippen molar-refractivity contribution in [1.29, 1.82) is 0 Å². The first kappa shape index (κ1) is 53.1. The summed E-state index contributed by atoms with van der Waals surface area (Å²) in [6.45, 7) is -2.96. The Morgan fingerprint density at radius 3 is 1.04 bits per heavy atom. The lowest BCUT2D eigenvalue weighted by Crippen LogP contribution is -2.25. The molecule has 2 aliphatic heterocycles. The normalized spacial score (nSPS) is 14.0. The van der Waals surface area contributed by atoms with Gasteiger partial charge in [-0.2, -0.15) is 25.3 Å². The lowest BCUT2D eigenvalue weighted by molar-refractivity contribution is 0.454. The molecule has 0 atom stereocenters. The highest BCUT2D eigenvalue weighted by atomic mass is 32.2. The molecule has 10 N–H and O–H groups in total. The second kappa shape index (κ2) is 19.6. The number of aromatic nitrogens is 3. The molecule has 0 unspecified atom stereocenters. The summed E-state index contributed by atoms with van der Waals surface area (Å²) >= 11 is 0. The molecule has 0 aliphatic carbocycles. The Kier molecular flexibility index (Phi) is 14.1. The molecule has 3 aromatic carbocycles. The van der Waals surface area contributed by atoms with Crippen molar-refractivity contribution >= 4 is 69.8 Å². The molecule has 74 heavy (non-hydrogen) atoms. The van der Waals surface area contributed by atoms with Crippen LogP contribution in [0.2, 0.25) is 0 Å². The van der Waals surface area contributed by atoms with Gasteiger partial charge in [0.1, 0.15) is 17.1 Å². The Labute approximate surface area is 407 Å². The number of nitrogens with one attached hydrogen (secondary N) is 7. The number of rotatable bonds is 15. The zero-order valence-electron chi connectivity index (χ0n) is 36.5. The topological polar surface area (TPSA) is 259 Å². The maximum Gasteiger partial charge on any atom is 0.266 e. The number of hydrogen-bond acceptors (Lipinski definition) is 10. The maximum atomic E-state index is 16.5. The zero-order valence-corrected chi connectivity index (χ0v) is 39.0. The van der Waals surface area contributed by atoms with Crippen molar-refractivity contribution in [3.8, 4) is 0 Å². The number of hydrogen-bond donors (Lipinski definition) is 10. The first-order valence-electron chi connectivity index (χ1n) is 20.8. The zero-order chi connectivity index (χ0) is 54.1. The first-order valence-corrected chi connectivity index (χ1v) is 25.6. The largest absolute Gasteiger partial charge is 0.379 e. The average molecular weight is 1110 g/mol.